The zero-order valence-corrected chi connectivity index (χ0v) is 37.3. The van der Waals surface area contributed by atoms with E-state index in [1.807, 2.05) is 135 Å². The molecule has 7 aromatic rings. The average Bonchev–Trinajstić information content (AvgIpc) is 3.97. The van der Waals surface area contributed by atoms with Gasteiger partial charge in [-0.1, -0.05) is 72.8 Å². The zero-order valence-electron chi connectivity index (χ0n) is 37.3. The molecule has 4 heterocycles. The van der Waals surface area contributed by atoms with Crippen LogP contribution in [0.4, 0.5) is 11.4 Å². The van der Waals surface area contributed by atoms with Gasteiger partial charge in [0.25, 0.3) is 22.6 Å². The first-order valence-electron chi connectivity index (χ1n) is 21.0. The smallest absolute Gasteiger partial charge is 0.327 e. The first kappa shape index (κ1) is 48.3. The van der Waals surface area contributed by atoms with Crippen LogP contribution in [0.3, 0.4) is 0 Å². The quantitative estimate of drug-likeness (QED) is 0.151. The Kier molecular flexibility index (Phi) is 17.2. The Morgan fingerprint density at radius 2 is 1.02 bits per heavy atom. The number of benzene rings is 4. The van der Waals surface area contributed by atoms with Crippen molar-refractivity contribution in [1.82, 2.24) is 28.1 Å². The molecule has 4 N–H and O–H groups in total. The van der Waals surface area contributed by atoms with Gasteiger partial charge in [-0.05, 0) is 88.7 Å². The van der Waals surface area contributed by atoms with E-state index in [0.717, 1.165) is 46.3 Å². The third-order valence-corrected chi connectivity index (χ3v) is 10.1. The first-order chi connectivity index (χ1) is 31.3. The van der Waals surface area contributed by atoms with Crippen molar-refractivity contribution in [1.29, 1.82) is 0 Å². The number of aryl methyl sites for hydroxylation is 2. The number of nitrogens with two attached hydrogens (primary N) is 1. The molecule has 0 atom stereocenters. The minimum atomic E-state index is -0.356. The maximum atomic E-state index is 12.0. The van der Waals surface area contributed by atoms with Gasteiger partial charge in [0.1, 0.15) is 12.2 Å². The Morgan fingerprint density at radius 1 is 0.600 bits per heavy atom. The molecule has 0 fully saturated rings. The van der Waals surface area contributed by atoms with Gasteiger partial charge in [0, 0.05) is 41.8 Å². The summed E-state index contributed by atoms with van der Waals surface area (Å²) in [5, 5.41) is 18.0. The average molecular weight is 885 g/mol. The highest BCUT2D eigenvalue weighted by Crippen LogP contribution is 2.20. The van der Waals surface area contributed by atoms with E-state index in [0.29, 0.717) is 25.4 Å². The number of aromatic nitrogens is 6. The molecule has 0 bridgehead atoms. The predicted octanol–water partition coefficient (Wildman–Crippen LogP) is 4.95. The number of nitrogens with zero attached hydrogens (tertiary/aromatic N) is 7. The number of amides is 1. The van der Waals surface area contributed by atoms with Crippen LogP contribution in [0.25, 0.3) is 17.1 Å². The number of hydrogen-bond donors (Lipinski definition) is 3. The van der Waals surface area contributed by atoms with Crippen LogP contribution in [0.1, 0.15) is 30.9 Å². The Morgan fingerprint density at radius 3 is 1.45 bits per heavy atom. The largest absolute Gasteiger partial charge is 0.465 e. The number of nitrogen functional groups attached to an aromatic ring is 1. The summed E-state index contributed by atoms with van der Waals surface area (Å²) in [4.78, 5) is 60.6. The summed E-state index contributed by atoms with van der Waals surface area (Å²) in [5.74, 6) is -0.269. The molecule has 1 amide bonds. The van der Waals surface area contributed by atoms with Crippen LogP contribution in [0.15, 0.2) is 159 Å². The molecule has 0 saturated heterocycles. The SMILES string of the molecule is CC1=CC(=O)N(c2ccccc2)C1.CCOC(=O)Cn1c(C)cc(=O)n1-c1ccccc1.Cc1c(N)c(=O)n(-c2ccccc2)n1CCO.Cc1cc(=O)n(-c2ccccc2)n1CCO. The number of para-hydroxylation sites is 4. The lowest BCUT2D eigenvalue weighted by Gasteiger charge is -2.15. The second-order valence-corrected chi connectivity index (χ2v) is 14.8. The molecule has 0 spiro atoms. The van der Waals surface area contributed by atoms with Gasteiger partial charge in [-0.25, -0.2) is 14.0 Å². The molecule has 16 nitrogen and oxygen atoms in total. The molecule has 3 aromatic heterocycles. The number of hydrogen-bond acceptors (Lipinski definition) is 9. The van der Waals surface area contributed by atoms with E-state index < -0.39 is 0 Å². The molecule has 16 heteroatoms. The summed E-state index contributed by atoms with van der Waals surface area (Å²) in [6.45, 7) is 11.0. The lowest BCUT2D eigenvalue weighted by molar-refractivity contribution is -0.144. The van der Waals surface area contributed by atoms with E-state index in [9.17, 15) is 24.0 Å². The van der Waals surface area contributed by atoms with Crippen LogP contribution >= 0.6 is 0 Å². The second kappa shape index (κ2) is 23.1. The van der Waals surface area contributed by atoms with Crippen molar-refractivity contribution in [3.63, 3.8) is 0 Å². The normalized spacial score (nSPS) is 11.7. The second-order valence-electron chi connectivity index (χ2n) is 14.8. The van der Waals surface area contributed by atoms with Crippen molar-refractivity contribution >= 4 is 23.3 Å². The van der Waals surface area contributed by atoms with Gasteiger partial charge in [0.05, 0.1) is 55.7 Å². The minimum Gasteiger partial charge on any atom is -0.465 e. The highest BCUT2D eigenvalue weighted by Gasteiger charge is 2.20. The molecule has 340 valence electrons. The van der Waals surface area contributed by atoms with Crippen molar-refractivity contribution in [2.24, 2.45) is 0 Å². The number of rotatable bonds is 11. The summed E-state index contributed by atoms with van der Waals surface area (Å²) in [6.07, 6.45) is 1.69. The maximum absolute atomic E-state index is 12.0. The Balaban J connectivity index is 0.000000164. The molecule has 0 saturated carbocycles. The number of aliphatic hydroxyl groups is 2. The summed E-state index contributed by atoms with van der Waals surface area (Å²) in [5.41, 5.74) is 12.1. The van der Waals surface area contributed by atoms with Gasteiger partial charge < -0.3 is 25.6 Å². The van der Waals surface area contributed by atoms with Crippen LogP contribution in [0, 0.1) is 20.8 Å². The topological polar surface area (TPSA) is 194 Å². The number of esters is 1. The van der Waals surface area contributed by atoms with Gasteiger partial charge in [0.2, 0.25) is 0 Å². The molecule has 1 aliphatic heterocycles. The fourth-order valence-corrected chi connectivity index (χ4v) is 7.09. The molecule has 0 aliphatic carbocycles. The van der Waals surface area contributed by atoms with Gasteiger partial charge >= 0.3 is 5.97 Å². The predicted molar refractivity (Wildman–Crippen MR) is 252 cm³/mol. The Bertz CT molecular complexity index is 2850. The summed E-state index contributed by atoms with van der Waals surface area (Å²) in [6, 6.07) is 40.7. The van der Waals surface area contributed by atoms with Crippen LogP contribution in [-0.4, -0.2) is 76.5 Å². The lowest BCUT2D eigenvalue weighted by atomic mass is 10.3. The molecule has 65 heavy (non-hydrogen) atoms. The number of ether oxygens (including phenoxy) is 1. The van der Waals surface area contributed by atoms with Crippen molar-refractivity contribution in [2.45, 2.75) is 54.3 Å². The summed E-state index contributed by atoms with van der Waals surface area (Å²) < 4.78 is 14.5. The molecular weight excluding hydrogens is 829 g/mol. The lowest BCUT2D eigenvalue weighted by Crippen LogP contribution is -2.25. The number of anilines is 2. The minimum absolute atomic E-state index is 0.0157. The molecule has 1 aliphatic rings. The van der Waals surface area contributed by atoms with Crippen LogP contribution in [-0.2, 0) is 34.0 Å². The molecule has 8 rings (SSSR count). The zero-order chi connectivity index (χ0) is 47.0. The molecule has 0 radical (unpaired) electrons. The fourth-order valence-electron chi connectivity index (χ4n) is 7.09. The van der Waals surface area contributed by atoms with E-state index in [4.69, 9.17) is 20.7 Å². The maximum Gasteiger partial charge on any atom is 0.327 e. The van der Waals surface area contributed by atoms with Gasteiger partial charge in [-0.2, -0.15) is 0 Å². The van der Waals surface area contributed by atoms with Crippen LogP contribution in [0.5, 0.6) is 0 Å². The third kappa shape index (κ3) is 12.1. The van der Waals surface area contributed by atoms with Crippen LogP contribution < -0.4 is 27.3 Å². The highest BCUT2D eigenvalue weighted by atomic mass is 16.5. The van der Waals surface area contributed by atoms with E-state index in [1.165, 1.54) is 15.4 Å². The van der Waals surface area contributed by atoms with E-state index in [-0.39, 0.29) is 54.0 Å². The molecule has 4 aromatic carbocycles. The van der Waals surface area contributed by atoms with Crippen molar-refractivity contribution < 1.29 is 24.5 Å². The number of aliphatic hydroxyl groups excluding tert-OH is 2. The van der Waals surface area contributed by atoms with E-state index >= 15 is 0 Å². The standard InChI is InChI=1S/C14H16N2O3.C12H15N3O2.C12H14N2O2.C11H11NO/c1-3-19-14(18)10-15-11(2)9-13(17)16(15)12-7-5-4-6-8-12;1-9-11(13)12(17)15(14(9)7-8-16)10-5-3-2-4-6-10;1-10-9-12(16)14(13(10)7-8-15)11-5-3-2-4-6-11;1-9-7-11(13)12(8-9)10-5-3-2-4-6-10/h4-9H,3,10H2,1-2H3;2-6,16H,7-8,13H2,1H3;2-6,9,15H,7-8H2,1H3;2-7H,8H2,1H3. The van der Waals surface area contributed by atoms with Crippen molar-refractivity contribution in [3.8, 4) is 17.1 Å². The monoisotopic (exact) mass is 884 g/mol. The summed E-state index contributed by atoms with van der Waals surface area (Å²) >= 11 is 0. The Hall–Kier alpha value is -7.69. The van der Waals surface area contributed by atoms with Gasteiger partial charge in [-0.15, -0.1) is 0 Å². The third-order valence-electron chi connectivity index (χ3n) is 10.1. The number of carbonyl (C=O) groups excluding carboxylic acids is 2. The summed E-state index contributed by atoms with van der Waals surface area (Å²) in [7, 11) is 0. The Labute approximate surface area is 376 Å². The molecule has 0 unspecified atom stereocenters. The van der Waals surface area contributed by atoms with Gasteiger partial charge in [-0.3, -0.25) is 38.0 Å². The highest BCUT2D eigenvalue weighted by molar-refractivity contribution is 6.04. The number of carbonyl (C=O) groups is 2. The van der Waals surface area contributed by atoms with Crippen molar-refractivity contribution in [3.05, 3.63) is 193 Å². The first-order valence-corrected chi connectivity index (χ1v) is 21.0. The van der Waals surface area contributed by atoms with Crippen LogP contribution in [0.2, 0.25) is 0 Å². The van der Waals surface area contributed by atoms with E-state index in [1.54, 1.807) is 56.5 Å². The van der Waals surface area contributed by atoms with E-state index in [2.05, 4.69) is 0 Å². The fraction of sp³-hybridized carbons (Fsp3) is 0.245. The van der Waals surface area contributed by atoms with Gasteiger partial charge in [0.15, 0.2) is 0 Å². The van der Waals surface area contributed by atoms with Crippen molar-refractivity contribution in [2.75, 3.05) is 37.0 Å². The molecular formula is C49H56N8O8.